The van der Waals surface area contributed by atoms with E-state index < -0.39 is 0 Å². The van der Waals surface area contributed by atoms with E-state index in [-0.39, 0.29) is 5.91 Å². The normalized spacial score (nSPS) is 13.4. The lowest BCUT2D eigenvalue weighted by Gasteiger charge is -2.26. The average molecular weight is 394 g/mol. The molecule has 1 N–H and O–H groups in total. The maximum Gasteiger partial charge on any atom is 0.223 e. The third-order valence-electron chi connectivity index (χ3n) is 5.60. The van der Waals surface area contributed by atoms with Crippen molar-refractivity contribution >= 4 is 17.4 Å². The van der Waals surface area contributed by atoms with E-state index in [1.54, 1.807) is 0 Å². The summed E-state index contributed by atoms with van der Waals surface area (Å²) < 4.78 is 10.7. The number of nitrogens with zero attached hydrogens (tertiary/aromatic N) is 3. The molecular weight excluding hydrogens is 368 g/mol. The van der Waals surface area contributed by atoms with Gasteiger partial charge in [0.15, 0.2) is 5.82 Å². The Hall–Kier alpha value is -3.09. The first-order chi connectivity index (χ1) is 14.1. The van der Waals surface area contributed by atoms with Gasteiger partial charge in [-0.3, -0.25) is 4.79 Å². The van der Waals surface area contributed by atoms with E-state index in [4.69, 9.17) is 9.05 Å². The van der Waals surface area contributed by atoms with Gasteiger partial charge >= 0.3 is 0 Å². The zero-order valence-electron chi connectivity index (χ0n) is 17.1. The van der Waals surface area contributed by atoms with Gasteiger partial charge in [-0.25, -0.2) is 0 Å². The maximum atomic E-state index is 12.8. The molecule has 29 heavy (non-hydrogen) atoms. The topological polar surface area (TPSA) is 84.4 Å². The van der Waals surface area contributed by atoms with Gasteiger partial charge < -0.3 is 19.3 Å². The standard InChI is InChI=1S/C22H26N4O3/c1-4-16-7-5-6-8-19(16)23-22-18-13-26(12-11-20(18)29-25-22)21(27)10-9-17-14(2)24-28-15(17)3/h5-8H,4,9-13H2,1-3H3,(H,23,25). The fourth-order valence-corrected chi connectivity index (χ4v) is 3.85. The summed E-state index contributed by atoms with van der Waals surface area (Å²) >= 11 is 0. The molecule has 2 aromatic heterocycles. The van der Waals surface area contributed by atoms with Crippen molar-refractivity contribution in [3.8, 4) is 0 Å². The molecule has 0 bridgehead atoms. The van der Waals surface area contributed by atoms with E-state index >= 15 is 0 Å². The van der Waals surface area contributed by atoms with Crippen LogP contribution in [-0.4, -0.2) is 27.7 Å². The molecule has 7 nitrogen and oxygen atoms in total. The molecule has 1 amide bonds. The molecule has 4 rings (SSSR count). The Morgan fingerprint density at radius 1 is 1.21 bits per heavy atom. The molecule has 0 saturated carbocycles. The number of para-hydroxylation sites is 1. The van der Waals surface area contributed by atoms with Gasteiger partial charge in [0, 0.05) is 30.6 Å². The van der Waals surface area contributed by atoms with Crippen LogP contribution in [-0.2, 0) is 30.6 Å². The number of anilines is 2. The van der Waals surface area contributed by atoms with E-state index in [9.17, 15) is 4.79 Å². The molecule has 0 radical (unpaired) electrons. The first-order valence-corrected chi connectivity index (χ1v) is 10.1. The molecule has 3 aromatic rings. The molecule has 0 saturated heterocycles. The monoisotopic (exact) mass is 394 g/mol. The van der Waals surface area contributed by atoms with E-state index in [0.717, 1.165) is 40.4 Å². The highest BCUT2D eigenvalue weighted by atomic mass is 16.5. The third-order valence-corrected chi connectivity index (χ3v) is 5.60. The van der Waals surface area contributed by atoms with Gasteiger partial charge in [0.25, 0.3) is 0 Å². The first-order valence-electron chi connectivity index (χ1n) is 10.1. The number of amides is 1. The van der Waals surface area contributed by atoms with Gasteiger partial charge in [-0.05, 0) is 38.3 Å². The van der Waals surface area contributed by atoms with Gasteiger partial charge in [-0.2, -0.15) is 0 Å². The van der Waals surface area contributed by atoms with Crippen LogP contribution in [0, 0.1) is 13.8 Å². The van der Waals surface area contributed by atoms with Crippen LogP contribution in [0.2, 0.25) is 0 Å². The Balaban J connectivity index is 1.45. The second-order valence-corrected chi connectivity index (χ2v) is 7.44. The molecule has 0 atom stereocenters. The minimum Gasteiger partial charge on any atom is -0.361 e. The molecule has 152 valence electrons. The van der Waals surface area contributed by atoms with Gasteiger partial charge in [0.1, 0.15) is 11.5 Å². The predicted molar refractivity (Wildman–Crippen MR) is 109 cm³/mol. The Bertz CT molecular complexity index is 1000. The fraction of sp³-hybridized carbons (Fsp3) is 0.409. The highest BCUT2D eigenvalue weighted by molar-refractivity contribution is 5.77. The Morgan fingerprint density at radius 3 is 2.79 bits per heavy atom. The quantitative estimate of drug-likeness (QED) is 0.677. The van der Waals surface area contributed by atoms with E-state index in [2.05, 4.69) is 28.6 Å². The molecule has 1 aliphatic rings. The number of aryl methyl sites for hydroxylation is 3. The van der Waals surface area contributed by atoms with Crippen molar-refractivity contribution in [2.75, 3.05) is 11.9 Å². The summed E-state index contributed by atoms with van der Waals surface area (Å²) in [5.74, 6) is 2.47. The zero-order chi connectivity index (χ0) is 20.4. The van der Waals surface area contributed by atoms with Crippen molar-refractivity contribution in [3.05, 3.63) is 58.2 Å². The van der Waals surface area contributed by atoms with Crippen LogP contribution in [0.1, 0.15) is 47.2 Å². The molecule has 0 unspecified atom stereocenters. The number of hydrogen-bond acceptors (Lipinski definition) is 6. The van der Waals surface area contributed by atoms with Crippen molar-refractivity contribution in [1.82, 2.24) is 15.2 Å². The summed E-state index contributed by atoms with van der Waals surface area (Å²) in [6, 6.07) is 8.16. The molecular formula is C22H26N4O3. The number of carbonyl (C=O) groups is 1. The molecule has 3 heterocycles. The Morgan fingerprint density at radius 2 is 2.03 bits per heavy atom. The van der Waals surface area contributed by atoms with Crippen molar-refractivity contribution in [2.45, 2.75) is 53.0 Å². The molecule has 7 heteroatoms. The highest BCUT2D eigenvalue weighted by Crippen LogP contribution is 2.30. The van der Waals surface area contributed by atoms with Crippen molar-refractivity contribution in [3.63, 3.8) is 0 Å². The van der Waals surface area contributed by atoms with Crippen LogP contribution in [0.5, 0.6) is 0 Å². The predicted octanol–water partition coefficient (Wildman–Crippen LogP) is 4.10. The van der Waals surface area contributed by atoms with Gasteiger partial charge in [0.05, 0.1) is 17.8 Å². The average Bonchev–Trinajstić information content (AvgIpc) is 3.29. The van der Waals surface area contributed by atoms with Crippen molar-refractivity contribution in [1.29, 1.82) is 0 Å². The molecule has 0 aliphatic carbocycles. The number of nitrogens with one attached hydrogen (secondary N) is 1. The lowest BCUT2D eigenvalue weighted by Crippen LogP contribution is -2.35. The zero-order valence-corrected chi connectivity index (χ0v) is 17.1. The van der Waals surface area contributed by atoms with Crippen LogP contribution in [0.25, 0.3) is 0 Å². The summed E-state index contributed by atoms with van der Waals surface area (Å²) in [5, 5.41) is 11.6. The lowest BCUT2D eigenvalue weighted by atomic mass is 10.0. The molecule has 0 spiro atoms. The Kier molecular flexibility index (Phi) is 5.38. The summed E-state index contributed by atoms with van der Waals surface area (Å²) in [7, 11) is 0. The van der Waals surface area contributed by atoms with Crippen LogP contribution < -0.4 is 5.32 Å². The third kappa shape index (κ3) is 3.90. The number of hydrogen-bond donors (Lipinski definition) is 1. The molecule has 0 fully saturated rings. The van der Waals surface area contributed by atoms with Crippen LogP contribution in [0.3, 0.4) is 0 Å². The van der Waals surface area contributed by atoms with E-state index in [1.807, 2.05) is 36.9 Å². The van der Waals surface area contributed by atoms with Crippen molar-refractivity contribution in [2.24, 2.45) is 0 Å². The largest absolute Gasteiger partial charge is 0.361 e. The summed E-state index contributed by atoms with van der Waals surface area (Å²) in [6.07, 6.45) is 2.68. The van der Waals surface area contributed by atoms with Crippen LogP contribution in [0.4, 0.5) is 11.5 Å². The lowest BCUT2D eigenvalue weighted by molar-refractivity contribution is -0.132. The number of carbonyl (C=O) groups excluding carboxylic acids is 1. The number of benzene rings is 1. The van der Waals surface area contributed by atoms with Gasteiger partial charge in [0.2, 0.25) is 5.91 Å². The van der Waals surface area contributed by atoms with Crippen LogP contribution >= 0.6 is 0 Å². The fourth-order valence-electron chi connectivity index (χ4n) is 3.85. The van der Waals surface area contributed by atoms with E-state index in [1.165, 1.54) is 5.56 Å². The number of rotatable bonds is 6. The molecule has 1 aromatic carbocycles. The smallest absolute Gasteiger partial charge is 0.223 e. The summed E-state index contributed by atoms with van der Waals surface area (Å²) in [6.45, 7) is 7.07. The second kappa shape index (κ2) is 8.11. The second-order valence-electron chi connectivity index (χ2n) is 7.44. The van der Waals surface area contributed by atoms with Crippen LogP contribution in [0.15, 0.2) is 33.3 Å². The number of aromatic nitrogens is 2. The highest BCUT2D eigenvalue weighted by Gasteiger charge is 2.27. The molecule has 1 aliphatic heterocycles. The summed E-state index contributed by atoms with van der Waals surface area (Å²) in [5.41, 5.74) is 5.09. The minimum absolute atomic E-state index is 0.122. The van der Waals surface area contributed by atoms with Gasteiger partial charge in [-0.1, -0.05) is 35.4 Å². The van der Waals surface area contributed by atoms with Crippen molar-refractivity contribution < 1.29 is 13.8 Å². The summed E-state index contributed by atoms with van der Waals surface area (Å²) in [4.78, 5) is 14.7. The first kappa shape index (κ1) is 19.2. The minimum atomic E-state index is 0.122. The SMILES string of the molecule is CCc1ccccc1Nc1noc2c1CN(C(=O)CCc1c(C)noc1C)CC2. The van der Waals surface area contributed by atoms with Gasteiger partial charge in [-0.15, -0.1) is 0 Å². The number of fused-ring (bicyclic) bond motifs is 1. The maximum absolute atomic E-state index is 12.8. The Labute approximate surface area is 170 Å². The van der Waals surface area contributed by atoms with E-state index in [0.29, 0.717) is 38.2 Å².